The molecule has 0 bridgehead atoms. The van der Waals surface area contributed by atoms with Crippen LogP contribution in [0.4, 0.5) is 0 Å². The van der Waals surface area contributed by atoms with Gasteiger partial charge >= 0.3 is 11.9 Å². The minimum atomic E-state index is -0.238. The molecule has 0 aliphatic carbocycles. The fourth-order valence-electron chi connectivity index (χ4n) is 2.95. The zero-order chi connectivity index (χ0) is 16.8. The first kappa shape index (κ1) is 16.9. The number of rotatable bonds is 6. The summed E-state index contributed by atoms with van der Waals surface area (Å²) in [6, 6.07) is 5.00. The van der Waals surface area contributed by atoms with Crippen molar-refractivity contribution in [2.24, 2.45) is 0 Å². The molecule has 0 radical (unpaired) electrons. The van der Waals surface area contributed by atoms with Crippen LogP contribution in [0.1, 0.15) is 37.1 Å². The van der Waals surface area contributed by atoms with Crippen molar-refractivity contribution in [2.75, 3.05) is 13.1 Å². The normalized spacial score (nSPS) is 23.2. The Bertz CT molecular complexity index is 534. The number of carbonyl (C=O) groups is 2. The number of aromatic nitrogens is 1. The highest BCUT2D eigenvalue weighted by Gasteiger charge is 2.24. The summed E-state index contributed by atoms with van der Waals surface area (Å²) in [5.41, 5.74) is 1.29. The highest BCUT2D eigenvalue weighted by Crippen LogP contribution is 2.10. The van der Waals surface area contributed by atoms with E-state index in [-0.39, 0.29) is 37.2 Å². The lowest BCUT2D eigenvalue weighted by Crippen LogP contribution is -2.32. The molecule has 7 nitrogen and oxygen atoms in total. The van der Waals surface area contributed by atoms with Crippen molar-refractivity contribution in [2.45, 2.75) is 51.0 Å². The third kappa shape index (κ3) is 4.52. The maximum atomic E-state index is 11.9. The Morgan fingerprint density at radius 3 is 1.88 bits per heavy atom. The molecular weight excluding hydrogens is 310 g/mol. The van der Waals surface area contributed by atoms with E-state index in [4.69, 9.17) is 9.47 Å². The quantitative estimate of drug-likeness (QED) is 0.740. The smallest absolute Gasteiger partial charge is 0.323 e. The van der Waals surface area contributed by atoms with Crippen LogP contribution in [-0.4, -0.2) is 42.1 Å². The molecule has 0 spiro atoms. The largest absolute Gasteiger partial charge is 0.458 e. The van der Waals surface area contributed by atoms with Crippen LogP contribution in [0.3, 0.4) is 0 Å². The summed E-state index contributed by atoms with van der Waals surface area (Å²) in [5.74, 6) is -0.475. The molecule has 2 saturated heterocycles. The number of esters is 2. The third-order valence-electron chi connectivity index (χ3n) is 4.28. The van der Waals surface area contributed by atoms with Gasteiger partial charge < -0.3 is 20.1 Å². The van der Waals surface area contributed by atoms with Crippen molar-refractivity contribution in [3.05, 3.63) is 29.6 Å². The van der Waals surface area contributed by atoms with Gasteiger partial charge in [0.2, 0.25) is 0 Å². The van der Waals surface area contributed by atoms with Crippen molar-refractivity contribution in [1.29, 1.82) is 0 Å². The van der Waals surface area contributed by atoms with Crippen molar-refractivity contribution in [1.82, 2.24) is 15.6 Å². The van der Waals surface area contributed by atoms with Gasteiger partial charge in [0, 0.05) is 0 Å². The summed E-state index contributed by atoms with van der Waals surface area (Å²) < 4.78 is 10.6. The van der Waals surface area contributed by atoms with Crippen LogP contribution in [0.5, 0.6) is 0 Å². The first-order chi connectivity index (χ1) is 11.7. The van der Waals surface area contributed by atoms with Crippen LogP contribution in [0.25, 0.3) is 0 Å². The van der Waals surface area contributed by atoms with Gasteiger partial charge in [0.25, 0.3) is 0 Å². The SMILES string of the molecule is O=C(OCc1cccc(COC(=O)[C@@H]2CCCN2)n1)[C@@H]1CCCN1. The van der Waals surface area contributed by atoms with E-state index in [2.05, 4.69) is 15.6 Å². The minimum absolute atomic E-state index is 0.128. The topological polar surface area (TPSA) is 89.5 Å². The first-order valence-electron chi connectivity index (χ1n) is 8.47. The van der Waals surface area contributed by atoms with Gasteiger partial charge in [0.1, 0.15) is 25.3 Å². The van der Waals surface area contributed by atoms with Gasteiger partial charge in [-0.05, 0) is 50.9 Å². The number of hydrogen-bond acceptors (Lipinski definition) is 7. The second-order valence-electron chi connectivity index (χ2n) is 6.13. The molecule has 24 heavy (non-hydrogen) atoms. The molecule has 2 aliphatic heterocycles. The number of pyridine rings is 1. The fraction of sp³-hybridized carbons (Fsp3) is 0.588. The van der Waals surface area contributed by atoms with Gasteiger partial charge in [-0.3, -0.25) is 14.6 Å². The van der Waals surface area contributed by atoms with Crippen LogP contribution < -0.4 is 10.6 Å². The predicted molar refractivity (Wildman–Crippen MR) is 85.9 cm³/mol. The van der Waals surface area contributed by atoms with Crippen LogP contribution in [0.15, 0.2) is 18.2 Å². The number of nitrogens with one attached hydrogen (secondary N) is 2. The average molecular weight is 333 g/mol. The molecule has 2 atom stereocenters. The van der Waals surface area contributed by atoms with Gasteiger partial charge in [0.15, 0.2) is 0 Å². The number of ether oxygens (including phenoxy) is 2. The third-order valence-corrected chi connectivity index (χ3v) is 4.28. The Kier molecular flexibility index (Phi) is 5.77. The van der Waals surface area contributed by atoms with Crippen LogP contribution in [0, 0.1) is 0 Å². The van der Waals surface area contributed by atoms with E-state index in [1.54, 1.807) is 12.1 Å². The lowest BCUT2D eigenvalue weighted by atomic mass is 10.2. The van der Waals surface area contributed by atoms with E-state index < -0.39 is 0 Å². The monoisotopic (exact) mass is 333 g/mol. The number of nitrogens with zero attached hydrogens (tertiary/aromatic N) is 1. The summed E-state index contributed by atoms with van der Waals surface area (Å²) in [4.78, 5) is 28.1. The van der Waals surface area contributed by atoms with E-state index >= 15 is 0 Å². The van der Waals surface area contributed by atoms with E-state index in [1.807, 2.05) is 6.07 Å². The molecule has 3 heterocycles. The van der Waals surface area contributed by atoms with Gasteiger partial charge in [-0.2, -0.15) is 0 Å². The standard InChI is InChI=1S/C17H23N3O4/c21-16(14-6-2-8-18-14)23-10-12-4-1-5-13(20-12)11-24-17(22)15-7-3-9-19-15/h1,4-5,14-15,18-19H,2-3,6-11H2/t14-,15-/m0/s1. The van der Waals surface area contributed by atoms with Gasteiger partial charge in [-0.25, -0.2) is 0 Å². The second-order valence-corrected chi connectivity index (χ2v) is 6.13. The summed E-state index contributed by atoms with van der Waals surface area (Å²) in [5, 5.41) is 6.21. The zero-order valence-electron chi connectivity index (χ0n) is 13.6. The molecule has 2 fully saturated rings. The van der Waals surface area contributed by atoms with Gasteiger partial charge in [-0.1, -0.05) is 6.07 Å². The van der Waals surface area contributed by atoms with Crippen molar-refractivity contribution < 1.29 is 19.1 Å². The maximum absolute atomic E-state index is 11.9. The fourth-order valence-corrected chi connectivity index (χ4v) is 2.95. The van der Waals surface area contributed by atoms with Crippen LogP contribution in [-0.2, 0) is 32.3 Å². The van der Waals surface area contributed by atoms with Crippen molar-refractivity contribution in [3.63, 3.8) is 0 Å². The molecule has 7 heteroatoms. The Labute approximate surface area is 141 Å². The lowest BCUT2D eigenvalue weighted by molar-refractivity contribution is -0.147. The van der Waals surface area contributed by atoms with Crippen LogP contribution in [0.2, 0.25) is 0 Å². The maximum Gasteiger partial charge on any atom is 0.323 e. The van der Waals surface area contributed by atoms with Gasteiger partial charge in [0.05, 0.1) is 11.4 Å². The molecule has 2 aliphatic rings. The van der Waals surface area contributed by atoms with E-state index in [0.29, 0.717) is 11.4 Å². The minimum Gasteiger partial charge on any atom is -0.458 e. The highest BCUT2D eigenvalue weighted by atomic mass is 16.5. The molecule has 2 N–H and O–H groups in total. The summed E-state index contributed by atoms with van der Waals surface area (Å²) in [6.45, 7) is 1.97. The molecule has 1 aromatic heterocycles. The number of carbonyl (C=O) groups excluding carboxylic acids is 2. The molecule has 0 unspecified atom stereocenters. The number of hydrogen-bond donors (Lipinski definition) is 2. The molecule has 0 amide bonds. The lowest BCUT2D eigenvalue weighted by Gasteiger charge is -2.12. The van der Waals surface area contributed by atoms with E-state index in [0.717, 1.165) is 38.8 Å². The summed E-state index contributed by atoms with van der Waals surface area (Å²) >= 11 is 0. The van der Waals surface area contributed by atoms with Gasteiger partial charge in [-0.15, -0.1) is 0 Å². The van der Waals surface area contributed by atoms with Crippen molar-refractivity contribution in [3.8, 4) is 0 Å². The first-order valence-corrected chi connectivity index (χ1v) is 8.47. The summed E-state index contributed by atoms with van der Waals surface area (Å²) in [6.07, 6.45) is 3.62. The second kappa shape index (κ2) is 8.21. The molecule has 130 valence electrons. The molecule has 0 saturated carbocycles. The Balaban J connectivity index is 1.46. The Morgan fingerprint density at radius 2 is 1.46 bits per heavy atom. The molecule has 0 aromatic carbocycles. The summed E-state index contributed by atoms with van der Waals surface area (Å²) in [7, 11) is 0. The van der Waals surface area contributed by atoms with E-state index in [9.17, 15) is 9.59 Å². The molecule has 3 rings (SSSR count). The van der Waals surface area contributed by atoms with E-state index in [1.165, 1.54) is 0 Å². The van der Waals surface area contributed by atoms with Crippen molar-refractivity contribution >= 4 is 11.9 Å². The highest BCUT2D eigenvalue weighted by molar-refractivity contribution is 5.76. The van der Waals surface area contributed by atoms with Crippen LogP contribution >= 0.6 is 0 Å². The Morgan fingerprint density at radius 1 is 0.958 bits per heavy atom. The average Bonchev–Trinajstić information content (AvgIpc) is 3.31. The Hall–Kier alpha value is -1.99. The zero-order valence-corrected chi connectivity index (χ0v) is 13.6. The predicted octanol–water partition coefficient (Wildman–Crippen LogP) is 0.672. The molecular formula is C17H23N3O4. The molecule has 1 aromatic rings.